The highest BCUT2D eigenvalue weighted by atomic mass is 32.1. The van der Waals surface area contributed by atoms with Crippen molar-refractivity contribution in [1.82, 2.24) is 5.32 Å². The molecule has 1 aromatic heterocycles. The first kappa shape index (κ1) is 12.1. The Kier molecular flexibility index (Phi) is 3.78. The lowest BCUT2D eigenvalue weighted by atomic mass is 9.92. The third kappa shape index (κ3) is 2.34. The van der Waals surface area contributed by atoms with Crippen LogP contribution in [0.5, 0.6) is 0 Å². The van der Waals surface area contributed by atoms with Crippen molar-refractivity contribution in [3.63, 3.8) is 0 Å². The Morgan fingerprint density at radius 3 is 3.24 bits per heavy atom. The van der Waals surface area contributed by atoms with Gasteiger partial charge in [-0.3, -0.25) is 4.79 Å². The van der Waals surface area contributed by atoms with Crippen LogP contribution < -0.4 is 5.32 Å². The van der Waals surface area contributed by atoms with Gasteiger partial charge >= 0.3 is 5.97 Å². The molecule has 0 spiro atoms. The van der Waals surface area contributed by atoms with Crippen molar-refractivity contribution < 1.29 is 14.3 Å². The predicted octanol–water partition coefficient (Wildman–Crippen LogP) is 2.05. The molecule has 1 amide bonds. The highest BCUT2D eigenvalue weighted by molar-refractivity contribution is 7.10. The van der Waals surface area contributed by atoms with Crippen molar-refractivity contribution >= 4 is 23.7 Å². The molecule has 0 saturated carbocycles. The van der Waals surface area contributed by atoms with Crippen LogP contribution in [-0.2, 0) is 16.0 Å². The molecule has 1 aromatic rings. The molecule has 0 bridgehead atoms. The molecule has 92 valence electrons. The monoisotopic (exact) mass is 253 g/mol. The third-order valence-corrected chi connectivity index (χ3v) is 4.07. The van der Waals surface area contributed by atoms with Crippen LogP contribution in [0.25, 0.3) is 0 Å². The summed E-state index contributed by atoms with van der Waals surface area (Å²) in [6, 6.07) is 0.0597. The Labute approximate surface area is 104 Å². The van der Waals surface area contributed by atoms with E-state index in [1.807, 2.05) is 5.38 Å². The number of thiophene rings is 1. The lowest BCUT2D eigenvalue weighted by molar-refractivity contribution is -0.110. The van der Waals surface area contributed by atoms with E-state index in [-0.39, 0.29) is 12.0 Å². The molecule has 1 aliphatic rings. The standard InChI is InChI=1S/C12H15NO3S/c1-2-16-12(15)9-6-17-11-8(9)4-3-5-10(11)13-7-14/h6-7,10H,2-5H2,1H3,(H,13,14)/t10-/m1/s1. The second kappa shape index (κ2) is 5.31. The summed E-state index contributed by atoms with van der Waals surface area (Å²) in [6.45, 7) is 2.19. The van der Waals surface area contributed by atoms with Gasteiger partial charge in [-0.2, -0.15) is 0 Å². The van der Waals surface area contributed by atoms with Gasteiger partial charge in [0.15, 0.2) is 0 Å². The summed E-state index contributed by atoms with van der Waals surface area (Å²) >= 11 is 1.53. The molecular formula is C12H15NO3S. The average Bonchev–Trinajstić information content (AvgIpc) is 2.74. The minimum Gasteiger partial charge on any atom is -0.462 e. The zero-order valence-electron chi connectivity index (χ0n) is 9.69. The topological polar surface area (TPSA) is 55.4 Å². The molecule has 0 aliphatic heterocycles. The van der Waals surface area contributed by atoms with Gasteiger partial charge in [0.1, 0.15) is 0 Å². The van der Waals surface area contributed by atoms with Gasteiger partial charge in [-0.15, -0.1) is 11.3 Å². The van der Waals surface area contributed by atoms with Gasteiger partial charge in [0.2, 0.25) is 6.41 Å². The molecule has 0 radical (unpaired) electrons. The second-order valence-corrected chi connectivity index (χ2v) is 4.85. The number of ether oxygens (including phenoxy) is 1. The van der Waals surface area contributed by atoms with E-state index in [1.54, 1.807) is 6.92 Å². The first-order valence-corrected chi connectivity index (χ1v) is 6.63. The number of nitrogens with one attached hydrogen (secondary N) is 1. The Morgan fingerprint density at radius 2 is 2.53 bits per heavy atom. The van der Waals surface area contributed by atoms with E-state index in [0.717, 1.165) is 36.1 Å². The average molecular weight is 253 g/mol. The molecule has 0 fully saturated rings. The van der Waals surface area contributed by atoms with Crippen LogP contribution in [0.1, 0.15) is 46.6 Å². The molecule has 0 unspecified atom stereocenters. The molecule has 1 heterocycles. The summed E-state index contributed by atoms with van der Waals surface area (Å²) in [6.07, 6.45) is 3.55. The van der Waals surface area contributed by atoms with Gasteiger partial charge in [-0.25, -0.2) is 4.79 Å². The van der Waals surface area contributed by atoms with E-state index >= 15 is 0 Å². The summed E-state index contributed by atoms with van der Waals surface area (Å²) < 4.78 is 5.03. The quantitative estimate of drug-likeness (QED) is 0.660. The van der Waals surface area contributed by atoms with Crippen molar-refractivity contribution in [1.29, 1.82) is 0 Å². The van der Waals surface area contributed by atoms with Crippen molar-refractivity contribution in [3.05, 3.63) is 21.4 Å². The second-order valence-electron chi connectivity index (χ2n) is 3.94. The predicted molar refractivity (Wildman–Crippen MR) is 65.2 cm³/mol. The van der Waals surface area contributed by atoms with E-state index in [2.05, 4.69) is 5.32 Å². The molecule has 1 aliphatic carbocycles. The Balaban J connectivity index is 2.27. The number of carbonyl (C=O) groups is 2. The number of amides is 1. The van der Waals surface area contributed by atoms with Crippen LogP contribution in [0.4, 0.5) is 0 Å². The number of rotatable bonds is 4. The zero-order valence-corrected chi connectivity index (χ0v) is 10.5. The largest absolute Gasteiger partial charge is 0.462 e. The molecular weight excluding hydrogens is 238 g/mol. The van der Waals surface area contributed by atoms with E-state index in [1.165, 1.54) is 11.3 Å². The summed E-state index contributed by atoms with van der Waals surface area (Å²) in [5.41, 5.74) is 1.73. The fourth-order valence-electron chi connectivity index (χ4n) is 2.18. The van der Waals surface area contributed by atoms with Crippen molar-refractivity contribution in [2.45, 2.75) is 32.2 Å². The number of hydrogen-bond donors (Lipinski definition) is 1. The Morgan fingerprint density at radius 1 is 1.71 bits per heavy atom. The number of esters is 1. The number of carbonyl (C=O) groups excluding carboxylic acids is 2. The molecule has 1 N–H and O–H groups in total. The van der Waals surface area contributed by atoms with Gasteiger partial charge in [0.05, 0.1) is 18.2 Å². The molecule has 5 heteroatoms. The smallest absolute Gasteiger partial charge is 0.339 e. The minimum absolute atomic E-state index is 0.0597. The van der Waals surface area contributed by atoms with Gasteiger partial charge in [-0.05, 0) is 31.7 Å². The van der Waals surface area contributed by atoms with E-state index in [9.17, 15) is 9.59 Å². The summed E-state index contributed by atoms with van der Waals surface area (Å²) in [5, 5.41) is 4.64. The zero-order chi connectivity index (χ0) is 12.3. The molecule has 2 rings (SSSR count). The highest BCUT2D eigenvalue weighted by Crippen LogP contribution is 2.36. The lowest BCUT2D eigenvalue weighted by Crippen LogP contribution is -2.23. The first-order chi connectivity index (χ1) is 8.27. The maximum Gasteiger partial charge on any atom is 0.339 e. The van der Waals surface area contributed by atoms with Gasteiger partial charge in [0, 0.05) is 10.3 Å². The Bertz CT molecular complexity index is 427. The van der Waals surface area contributed by atoms with Crippen LogP contribution >= 0.6 is 11.3 Å². The summed E-state index contributed by atoms with van der Waals surface area (Å²) in [5.74, 6) is -0.253. The lowest BCUT2D eigenvalue weighted by Gasteiger charge is -2.22. The number of fused-ring (bicyclic) bond motifs is 1. The van der Waals surface area contributed by atoms with Crippen LogP contribution in [0.15, 0.2) is 5.38 Å². The van der Waals surface area contributed by atoms with Gasteiger partial charge in [-0.1, -0.05) is 0 Å². The van der Waals surface area contributed by atoms with Crippen molar-refractivity contribution in [2.75, 3.05) is 6.61 Å². The first-order valence-electron chi connectivity index (χ1n) is 5.75. The molecule has 0 aromatic carbocycles. The molecule has 0 saturated heterocycles. The van der Waals surface area contributed by atoms with E-state index in [4.69, 9.17) is 4.74 Å². The molecule has 4 nitrogen and oxygen atoms in total. The molecule has 17 heavy (non-hydrogen) atoms. The highest BCUT2D eigenvalue weighted by Gasteiger charge is 2.26. The van der Waals surface area contributed by atoms with Crippen molar-refractivity contribution in [2.24, 2.45) is 0 Å². The van der Waals surface area contributed by atoms with E-state index in [0.29, 0.717) is 12.2 Å². The van der Waals surface area contributed by atoms with Crippen LogP contribution in [0.3, 0.4) is 0 Å². The van der Waals surface area contributed by atoms with Crippen LogP contribution in [-0.4, -0.2) is 19.0 Å². The van der Waals surface area contributed by atoms with E-state index < -0.39 is 0 Å². The minimum atomic E-state index is -0.253. The number of hydrogen-bond acceptors (Lipinski definition) is 4. The van der Waals surface area contributed by atoms with Gasteiger partial charge < -0.3 is 10.1 Å². The fourth-order valence-corrected chi connectivity index (χ4v) is 3.37. The summed E-state index contributed by atoms with van der Waals surface area (Å²) in [4.78, 5) is 23.4. The maximum atomic E-state index is 11.7. The summed E-state index contributed by atoms with van der Waals surface area (Å²) in [7, 11) is 0. The normalized spacial score (nSPS) is 18.3. The Hall–Kier alpha value is -1.36. The maximum absolute atomic E-state index is 11.7. The molecule has 1 atom stereocenters. The van der Waals surface area contributed by atoms with Crippen LogP contribution in [0, 0.1) is 0 Å². The van der Waals surface area contributed by atoms with Crippen molar-refractivity contribution in [3.8, 4) is 0 Å². The SMILES string of the molecule is CCOC(=O)c1csc2c1CCC[C@H]2NC=O. The fraction of sp³-hybridized carbons (Fsp3) is 0.500. The van der Waals surface area contributed by atoms with Crippen LogP contribution in [0.2, 0.25) is 0 Å². The third-order valence-electron chi connectivity index (χ3n) is 2.93. The van der Waals surface area contributed by atoms with Gasteiger partial charge in [0.25, 0.3) is 0 Å².